The van der Waals surface area contributed by atoms with Crippen molar-refractivity contribution in [3.05, 3.63) is 60.8 Å². The Balaban J connectivity index is 2.38. The van der Waals surface area contributed by atoms with Gasteiger partial charge in [-0.15, -0.1) is 0 Å². The average molecular weight is 300 g/mol. The molecule has 0 aromatic carbocycles. The molecule has 0 spiro atoms. The largest absolute Gasteiger partial charge is 0.458 e. The molecule has 0 aromatic heterocycles. The number of allylic oxidation sites excluding steroid dienone is 4. The highest BCUT2D eigenvalue weighted by molar-refractivity contribution is 6.02. The topological polar surface area (TPSA) is 52.6 Å². The van der Waals surface area contributed by atoms with Gasteiger partial charge in [-0.1, -0.05) is 49.6 Å². The van der Waals surface area contributed by atoms with Crippen molar-refractivity contribution in [2.75, 3.05) is 13.2 Å². The zero-order valence-electron chi connectivity index (χ0n) is 12.5. The first-order valence-corrected chi connectivity index (χ1v) is 7.32. The summed E-state index contributed by atoms with van der Waals surface area (Å²) in [7, 11) is 0. The second kappa shape index (κ2) is 7.59. The van der Waals surface area contributed by atoms with E-state index >= 15 is 0 Å². The van der Waals surface area contributed by atoms with Gasteiger partial charge in [-0.3, -0.25) is 0 Å². The molecular weight excluding hydrogens is 280 g/mol. The first kappa shape index (κ1) is 16.0. The summed E-state index contributed by atoms with van der Waals surface area (Å²) >= 11 is 0. The predicted octanol–water partition coefficient (Wildman–Crippen LogP) is 2.89. The van der Waals surface area contributed by atoms with Crippen LogP contribution in [0.2, 0.25) is 0 Å². The van der Waals surface area contributed by atoms with Gasteiger partial charge in [-0.25, -0.2) is 9.59 Å². The van der Waals surface area contributed by atoms with Gasteiger partial charge in [-0.05, 0) is 12.8 Å². The van der Waals surface area contributed by atoms with Crippen molar-refractivity contribution in [2.45, 2.75) is 12.8 Å². The van der Waals surface area contributed by atoms with Crippen molar-refractivity contribution in [1.29, 1.82) is 0 Å². The van der Waals surface area contributed by atoms with Crippen molar-refractivity contribution < 1.29 is 19.1 Å². The molecule has 0 saturated carbocycles. The predicted molar refractivity (Wildman–Crippen MR) is 83.8 cm³/mol. The van der Waals surface area contributed by atoms with E-state index in [-0.39, 0.29) is 25.0 Å². The molecule has 2 bridgehead atoms. The Morgan fingerprint density at radius 3 is 1.73 bits per heavy atom. The number of hydrogen-bond acceptors (Lipinski definition) is 4. The molecule has 2 unspecified atom stereocenters. The molecule has 3 aliphatic carbocycles. The van der Waals surface area contributed by atoms with E-state index in [2.05, 4.69) is 13.2 Å². The van der Waals surface area contributed by atoms with Gasteiger partial charge in [-0.2, -0.15) is 0 Å². The maximum absolute atomic E-state index is 12.4. The van der Waals surface area contributed by atoms with Crippen LogP contribution in [0.1, 0.15) is 12.8 Å². The summed E-state index contributed by atoms with van der Waals surface area (Å²) in [5.74, 6) is -1.26. The van der Waals surface area contributed by atoms with Gasteiger partial charge >= 0.3 is 11.9 Å². The molecule has 3 rings (SSSR count). The highest BCUT2D eigenvalue weighted by atomic mass is 16.5. The zero-order valence-corrected chi connectivity index (χ0v) is 12.5. The molecule has 4 heteroatoms. The smallest absolute Gasteiger partial charge is 0.335 e. The molecule has 4 nitrogen and oxygen atoms in total. The minimum atomic E-state index is -0.472. The van der Waals surface area contributed by atoms with E-state index in [0.717, 1.165) is 0 Å². The Kier molecular flexibility index (Phi) is 5.53. The van der Waals surface area contributed by atoms with Crippen LogP contribution < -0.4 is 0 Å². The van der Waals surface area contributed by atoms with Crippen molar-refractivity contribution in [3.63, 3.8) is 0 Å². The first-order chi connectivity index (χ1) is 10.7. The van der Waals surface area contributed by atoms with Gasteiger partial charge < -0.3 is 9.47 Å². The summed E-state index contributed by atoms with van der Waals surface area (Å²) in [6.45, 7) is 7.30. The minimum Gasteiger partial charge on any atom is -0.458 e. The van der Waals surface area contributed by atoms with E-state index in [1.807, 2.05) is 24.3 Å². The molecule has 116 valence electrons. The summed E-state index contributed by atoms with van der Waals surface area (Å²) in [6.07, 6.45) is 12.4. The summed E-state index contributed by atoms with van der Waals surface area (Å²) in [5, 5.41) is 0. The van der Waals surface area contributed by atoms with Crippen molar-refractivity contribution in [1.82, 2.24) is 0 Å². The average Bonchev–Trinajstić information content (AvgIpc) is 2.49. The first-order valence-electron chi connectivity index (χ1n) is 7.32. The molecule has 0 amide bonds. The second-order valence-electron chi connectivity index (χ2n) is 5.14. The molecule has 0 fully saturated rings. The van der Waals surface area contributed by atoms with Crippen LogP contribution in [0.25, 0.3) is 0 Å². The van der Waals surface area contributed by atoms with E-state index in [1.54, 1.807) is 0 Å². The summed E-state index contributed by atoms with van der Waals surface area (Å²) < 4.78 is 10.3. The fourth-order valence-corrected chi connectivity index (χ4v) is 2.69. The Bertz CT molecular complexity index is 518. The number of carbonyl (C=O) groups excluding carboxylic acids is 2. The SMILES string of the molecule is C=CCOC(=O)C1=C(C(=O)OCC=C)C2C=CC1CC=CC2. The fraction of sp³-hybridized carbons (Fsp3) is 0.333. The Morgan fingerprint density at radius 1 is 0.955 bits per heavy atom. The van der Waals surface area contributed by atoms with E-state index < -0.39 is 11.9 Å². The molecular formula is C18H20O4. The van der Waals surface area contributed by atoms with Crippen LogP contribution in [0.3, 0.4) is 0 Å². The lowest BCUT2D eigenvalue weighted by Crippen LogP contribution is -2.28. The van der Waals surface area contributed by atoms with E-state index in [1.165, 1.54) is 12.2 Å². The molecule has 22 heavy (non-hydrogen) atoms. The van der Waals surface area contributed by atoms with Gasteiger partial charge in [0.1, 0.15) is 13.2 Å². The third-order valence-electron chi connectivity index (χ3n) is 3.66. The summed E-state index contributed by atoms with van der Waals surface area (Å²) in [5.41, 5.74) is 0.820. The van der Waals surface area contributed by atoms with Crippen LogP contribution in [0.5, 0.6) is 0 Å². The third kappa shape index (κ3) is 3.45. The normalized spacial score (nSPS) is 22.7. The maximum Gasteiger partial charge on any atom is 0.335 e. The molecule has 0 aromatic rings. The Labute approximate surface area is 130 Å². The molecule has 3 aliphatic rings. The van der Waals surface area contributed by atoms with E-state index in [0.29, 0.717) is 24.0 Å². The van der Waals surface area contributed by atoms with Crippen LogP contribution in [0, 0.1) is 11.8 Å². The van der Waals surface area contributed by atoms with Crippen molar-refractivity contribution in [2.24, 2.45) is 11.8 Å². The molecule has 0 heterocycles. The van der Waals surface area contributed by atoms with Crippen LogP contribution in [0.4, 0.5) is 0 Å². The van der Waals surface area contributed by atoms with Gasteiger partial charge in [0.05, 0.1) is 11.1 Å². The second-order valence-corrected chi connectivity index (χ2v) is 5.14. The lowest BCUT2D eigenvalue weighted by atomic mass is 9.77. The Hall–Kier alpha value is -2.36. The molecule has 2 atom stereocenters. The van der Waals surface area contributed by atoms with Crippen LogP contribution in [-0.2, 0) is 19.1 Å². The number of ether oxygens (including phenoxy) is 2. The fourth-order valence-electron chi connectivity index (χ4n) is 2.69. The number of rotatable bonds is 6. The quantitative estimate of drug-likeness (QED) is 0.559. The summed E-state index contributed by atoms with van der Waals surface area (Å²) in [4.78, 5) is 24.8. The molecule has 0 N–H and O–H groups in total. The van der Waals surface area contributed by atoms with Gasteiger partial charge in [0, 0.05) is 11.8 Å². The number of hydrogen-bond donors (Lipinski definition) is 0. The highest BCUT2D eigenvalue weighted by Crippen LogP contribution is 2.36. The van der Waals surface area contributed by atoms with E-state index in [4.69, 9.17) is 9.47 Å². The van der Waals surface area contributed by atoms with Gasteiger partial charge in [0.15, 0.2) is 0 Å². The van der Waals surface area contributed by atoms with E-state index in [9.17, 15) is 9.59 Å². The van der Waals surface area contributed by atoms with Gasteiger partial charge in [0.2, 0.25) is 0 Å². The number of carbonyl (C=O) groups is 2. The number of fused-ring (bicyclic) bond motifs is 2. The standard InChI is InChI=1S/C18H20O4/c1-3-11-21-17(19)15-13-7-5-6-8-14(10-9-13)16(15)18(20)22-12-4-2/h3-6,9-10,13-14H,1-2,7-8,11-12H2. The van der Waals surface area contributed by atoms with Crippen molar-refractivity contribution >= 4 is 11.9 Å². The minimum absolute atomic E-state index is 0.119. The maximum atomic E-state index is 12.4. The molecule has 0 aliphatic heterocycles. The van der Waals surface area contributed by atoms with Crippen LogP contribution in [-0.4, -0.2) is 25.2 Å². The van der Waals surface area contributed by atoms with Crippen LogP contribution in [0.15, 0.2) is 60.8 Å². The number of esters is 2. The third-order valence-corrected chi connectivity index (χ3v) is 3.66. The molecule has 0 saturated heterocycles. The summed E-state index contributed by atoms with van der Waals surface area (Å²) in [6, 6.07) is 0. The molecule has 0 radical (unpaired) electrons. The lowest BCUT2D eigenvalue weighted by molar-refractivity contribution is -0.142. The monoisotopic (exact) mass is 300 g/mol. The Morgan fingerprint density at radius 2 is 1.36 bits per heavy atom. The van der Waals surface area contributed by atoms with Gasteiger partial charge in [0.25, 0.3) is 0 Å². The highest BCUT2D eigenvalue weighted by Gasteiger charge is 2.35. The van der Waals surface area contributed by atoms with Crippen LogP contribution >= 0.6 is 0 Å². The van der Waals surface area contributed by atoms with Crippen molar-refractivity contribution in [3.8, 4) is 0 Å². The lowest BCUT2D eigenvalue weighted by Gasteiger charge is -2.28. The zero-order chi connectivity index (χ0) is 15.9.